The molecule has 4 heteroatoms. The molecule has 0 aromatic rings. The lowest BCUT2D eigenvalue weighted by molar-refractivity contribution is 0.145. The van der Waals surface area contributed by atoms with Crippen molar-refractivity contribution in [3.8, 4) is 0 Å². The Kier molecular flexibility index (Phi) is 8.67. The molecular formula is C16H33N3O. The van der Waals surface area contributed by atoms with Crippen molar-refractivity contribution in [2.45, 2.75) is 46.5 Å². The zero-order valence-electron chi connectivity index (χ0n) is 13.8. The smallest absolute Gasteiger partial charge is 0.193 e. The molecule has 0 aromatic carbocycles. The van der Waals surface area contributed by atoms with Gasteiger partial charge in [-0.2, -0.15) is 0 Å². The normalized spacial score (nSPS) is 19.9. The van der Waals surface area contributed by atoms with Gasteiger partial charge in [0.2, 0.25) is 0 Å². The van der Waals surface area contributed by atoms with E-state index in [1.807, 2.05) is 14.0 Å². The van der Waals surface area contributed by atoms with Crippen LogP contribution in [0.2, 0.25) is 0 Å². The Balaban J connectivity index is 2.33. The number of nitrogens with one attached hydrogen (secondary N) is 1. The number of hydrogen-bond donors (Lipinski definition) is 1. The number of nitrogens with zero attached hydrogens (tertiary/aromatic N) is 2. The molecule has 0 saturated carbocycles. The van der Waals surface area contributed by atoms with Crippen LogP contribution in [0.4, 0.5) is 0 Å². The minimum atomic E-state index is 0.804. The Morgan fingerprint density at radius 2 is 2.10 bits per heavy atom. The van der Waals surface area contributed by atoms with Gasteiger partial charge in [-0.05, 0) is 31.6 Å². The Morgan fingerprint density at radius 1 is 1.35 bits per heavy atom. The van der Waals surface area contributed by atoms with Crippen LogP contribution in [-0.2, 0) is 4.74 Å². The number of hydrogen-bond acceptors (Lipinski definition) is 2. The second kappa shape index (κ2) is 10.0. The van der Waals surface area contributed by atoms with Crippen molar-refractivity contribution in [2.75, 3.05) is 39.9 Å². The van der Waals surface area contributed by atoms with Gasteiger partial charge in [0.25, 0.3) is 0 Å². The van der Waals surface area contributed by atoms with Crippen LogP contribution >= 0.6 is 0 Å². The maximum absolute atomic E-state index is 5.36. The lowest BCUT2D eigenvalue weighted by Crippen LogP contribution is -2.41. The number of rotatable bonds is 8. The molecule has 4 nitrogen and oxygen atoms in total. The summed E-state index contributed by atoms with van der Waals surface area (Å²) in [7, 11) is 1.88. The number of likely N-dealkylation sites (tertiary alicyclic amines) is 1. The molecule has 20 heavy (non-hydrogen) atoms. The molecule has 1 atom stereocenters. The summed E-state index contributed by atoms with van der Waals surface area (Å²) in [6.45, 7) is 11.6. The van der Waals surface area contributed by atoms with Gasteiger partial charge in [0.15, 0.2) is 5.96 Å². The third kappa shape index (κ3) is 5.31. The Morgan fingerprint density at radius 3 is 2.70 bits per heavy atom. The zero-order valence-corrected chi connectivity index (χ0v) is 13.8. The lowest BCUT2D eigenvalue weighted by Gasteiger charge is -2.24. The third-order valence-electron chi connectivity index (χ3n) is 4.40. The van der Waals surface area contributed by atoms with Gasteiger partial charge in [0.1, 0.15) is 0 Å². The predicted molar refractivity (Wildman–Crippen MR) is 86.2 cm³/mol. The van der Waals surface area contributed by atoms with Crippen molar-refractivity contribution in [3.05, 3.63) is 0 Å². The molecule has 0 amide bonds. The number of ether oxygens (including phenoxy) is 1. The van der Waals surface area contributed by atoms with Crippen LogP contribution in [0, 0.1) is 11.8 Å². The minimum Gasteiger partial charge on any atom is -0.382 e. The maximum Gasteiger partial charge on any atom is 0.193 e. The molecule has 1 aliphatic heterocycles. The minimum absolute atomic E-state index is 0.804. The molecule has 0 aromatic heterocycles. The van der Waals surface area contributed by atoms with Gasteiger partial charge in [-0.15, -0.1) is 0 Å². The van der Waals surface area contributed by atoms with Crippen molar-refractivity contribution in [3.63, 3.8) is 0 Å². The van der Waals surface area contributed by atoms with Crippen molar-refractivity contribution in [1.82, 2.24) is 10.2 Å². The van der Waals surface area contributed by atoms with Gasteiger partial charge in [-0.1, -0.05) is 26.7 Å². The first-order valence-corrected chi connectivity index (χ1v) is 8.30. The standard InChI is InChI=1S/C16H33N3O/c1-5-14(6-2)15-9-11-19(13-15)16(17-4)18-10-8-12-20-7-3/h14-15H,5-13H2,1-4H3,(H,17,18). The van der Waals surface area contributed by atoms with E-state index in [-0.39, 0.29) is 0 Å². The molecule has 1 rings (SSSR count). The van der Waals surface area contributed by atoms with E-state index >= 15 is 0 Å². The molecule has 0 bridgehead atoms. The highest BCUT2D eigenvalue weighted by Gasteiger charge is 2.29. The summed E-state index contributed by atoms with van der Waals surface area (Å²) in [5.74, 6) is 2.78. The molecule has 0 spiro atoms. The molecule has 1 fully saturated rings. The fourth-order valence-corrected chi connectivity index (χ4v) is 3.17. The van der Waals surface area contributed by atoms with E-state index in [0.717, 1.165) is 57.1 Å². The Hall–Kier alpha value is -0.770. The van der Waals surface area contributed by atoms with Gasteiger partial charge in [-0.3, -0.25) is 4.99 Å². The molecule has 1 unspecified atom stereocenters. The molecular weight excluding hydrogens is 250 g/mol. The van der Waals surface area contributed by atoms with Crippen molar-refractivity contribution < 1.29 is 4.74 Å². The van der Waals surface area contributed by atoms with Crippen LogP contribution in [0.3, 0.4) is 0 Å². The van der Waals surface area contributed by atoms with Crippen LogP contribution in [0.5, 0.6) is 0 Å². The second-order valence-electron chi connectivity index (χ2n) is 5.60. The summed E-state index contributed by atoms with van der Waals surface area (Å²) in [5, 5.41) is 3.46. The van der Waals surface area contributed by atoms with Crippen LogP contribution in [-0.4, -0.2) is 50.8 Å². The maximum atomic E-state index is 5.36. The SMILES string of the molecule is CCOCCCNC(=NC)N1CCC(C(CC)CC)C1. The molecule has 118 valence electrons. The van der Waals surface area contributed by atoms with E-state index in [1.165, 1.54) is 19.3 Å². The topological polar surface area (TPSA) is 36.9 Å². The highest BCUT2D eigenvalue weighted by molar-refractivity contribution is 5.80. The quantitative estimate of drug-likeness (QED) is 0.423. The van der Waals surface area contributed by atoms with Gasteiger partial charge >= 0.3 is 0 Å². The monoisotopic (exact) mass is 283 g/mol. The highest BCUT2D eigenvalue weighted by atomic mass is 16.5. The molecule has 1 N–H and O–H groups in total. The van der Waals surface area contributed by atoms with E-state index in [1.54, 1.807) is 0 Å². The van der Waals surface area contributed by atoms with E-state index in [9.17, 15) is 0 Å². The van der Waals surface area contributed by atoms with Crippen LogP contribution in [0.15, 0.2) is 4.99 Å². The van der Waals surface area contributed by atoms with Gasteiger partial charge in [0.05, 0.1) is 0 Å². The predicted octanol–water partition coefficient (Wildman–Crippen LogP) is 2.75. The van der Waals surface area contributed by atoms with Gasteiger partial charge in [-0.25, -0.2) is 0 Å². The summed E-state index contributed by atoms with van der Waals surface area (Å²) in [6, 6.07) is 0. The van der Waals surface area contributed by atoms with Crippen LogP contribution in [0.1, 0.15) is 46.5 Å². The van der Waals surface area contributed by atoms with Gasteiger partial charge < -0.3 is 15.0 Å². The average molecular weight is 283 g/mol. The molecule has 1 heterocycles. The average Bonchev–Trinajstić information content (AvgIpc) is 2.94. The summed E-state index contributed by atoms with van der Waals surface area (Å²) in [6.07, 6.45) is 4.95. The molecule has 1 aliphatic rings. The van der Waals surface area contributed by atoms with Crippen LogP contribution < -0.4 is 5.32 Å². The van der Waals surface area contributed by atoms with E-state index in [2.05, 4.69) is 29.1 Å². The highest BCUT2D eigenvalue weighted by Crippen LogP contribution is 2.28. The fourth-order valence-electron chi connectivity index (χ4n) is 3.17. The van der Waals surface area contributed by atoms with Crippen molar-refractivity contribution in [2.24, 2.45) is 16.8 Å². The van der Waals surface area contributed by atoms with E-state index in [4.69, 9.17) is 4.74 Å². The summed E-state index contributed by atoms with van der Waals surface area (Å²) in [4.78, 5) is 6.84. The van der Waals surface area contributed by atoms with E-state index in [0.29, 0.717) is 0 Å². The second-order valence-corrected chi connectivity index (χ2v) is 5.60. The number of aliphatic imine (C=N–C) groups is 1. The Bertz CT molecular complexity index is 277. The fraction of sp³-hybridized carbons (Fsp3) is 0.938. The first-order chi connectivity index (χ1) is 9.76. The zero-order chi connectivity index (χ0) is 14.8. The molecule has 1 saturated heterocycles. The van der Waals surface area contributed by atoms with E-state index < -0.39 is 0 Å². The summed E-state index contributed by atoms with van der Waals surface area (Å²) < 4.78 is 5.36. The third-order valence-corrected chi connectivity index (χ3v) is 4.40. The van der Waals surface area contributed by atoms with Crippen molar-refractivity contribution in [1.29, 1.82) is 0 Å². The lowest BCUT2D eigenvalue weighted by atomic mass is 9.87. The number of guanidine groups is 1. The first-order valence-electron chi connectivity index (χ1n) is 8.30. The molecule has 0 radical (unpaired) electrons. The molecule has 0 aliphatic carbocycles. The van der Waals surface area contributed by atoms with Gasteiger partial charge in [0, 0.05) is 39.9 Å². The summed E-state index contributed by atoms with van der Waals surface area (Å²) in [5.41, 5.74) is 0. The summed E-state index contributed by atoms with van der Waals surface area (Å²) >= 11 is 0. The Labute approximate surface area is 125 Å². The first kappa shape index (κ1) is 17.3. The van der Waals surface area contributed by atoms with Crippen LogP contribution in [0.25, 0.3) is 0 Å². The van der Waals surface area contributed by atoms with Crippen molar-refractivity contribution >= 4 is 5.96 Å². The largest absolute Gasteiger partial charge is 0.382 e.